The van der Waals surface area contributed by atoms with E-state index in [9.17, 15) is 0 Å². The van der Waals surface area contributed by atoms with E-state index in [2.05, 4.69) is 29.4 Å². The lowest BCUT2D eigenvalue weighted by Gasteiger charge is -2.06. The third-order valence-corrected chi connectivity index (χ3v) is 4.42. The van der Waals surface area contributed by atoms with Crippen LogP contribution in [0.15, 0.2) is 78.0 Å². The molecule has 0 atom stereocenters. The Morgan fingerprint density at radius 1 is 0.815 bits per heavy atom. The first-order valence-electron chi connectivity index (χ1n) is 8.89. The summed E-state index contributed by atoms with van der Waals surface area (Å²) < 4.78 is 5.20. The molecule has 138 valence electrons. The van der Waals surface area contributed by atoms with E-state index in [1.54, 1.807) is 7.11 Å². The van der Waals surface area contributed by atoms with Gasteiger partial charge in [0.1, 0.15) is 12.4 Å². The summed E-state index contributed by atoms with van der Waals surface area (Å²) in [6, 6.07) is 24.3. The molecule has 0 heterocycles. The van der Waals surface area contributed by atoms with Crippen molar-refractivity contribution in [2.75, 3.05) is 7.11 Å². The number of rotatable bonds is 7. The number of hydrogen-bond acceptors (Lipinski definition) is 4. The maximum Gasteiger partial charge on any atom is 0.142 e. The highest BCUT2D eigenvalue weighted by molar-refractivity contribution is 5.98. The maximum absolute atomic E-state index is 5.62. The van der Waals surface area contributed by atoms with Crippen molar-refractivity contribution in [3.8, 4) is 16.9 Å². The zero-order valence-corrected chi connectivity index (χ0v) is 15.7. The zero-order chi connectivity index (χ0) is 19.1. The molecule has 0 aliphatic heterocycles. The Balaban J connectivity index is 1.59. The van der Waals surface area contributed by atoms with Gasteiger partial charge in [0.25, 0.3) is 0 Å². The molecule has 4 nitrogen and oxygen atoms in total. The van der Waals surface area contributed by atoms with E-state index in [1.165, 1.54) is 0 Å². The van der Waals surface area contributed by atoms with Gasteiger partial charge >= 0.3 is 0 Å². The van der Waals surface area contributed by atoms with Gasteiger partial charge in [0.05, 0.1) is 12.8 Å². The summed E-state index contributed by atoms with van der Waals surface area (Å²) in [6.07, 6.45) is 0. The van der Waals surface area contributed by atoms with Crippen molar-refractivity contribution in [3.05, 3.63) is 89.5 Å². The van der Waals surface area contributed by atoms with Gasteiger partial charge in [0.15, 0.2) is 0 Å². The second-order valence-corrected chi connectivity index (χ2v) is 6.28. The van der Waals surface area contributed by atoms with Crippen LogP contribution < -0.4 is 10.5 Å². The number of oxime groups is 1. The molecule has 27 heavy (non-hydrogen) atoms. The first-order chi connectivity index (χ1) is 13.2. The van der Waals surface area contributed by atoms with Crippen LogP contribution in [-0.2, 0) is 18.0 Å². The molecular formula is C23H24N2O2. The van der Waals surface area contributed by atoms with E-state index in [-0.39, 0.29) is 0 Å². The quantitative estimate of drug-likeness (QED) is 0.488. The van der Waals surface area contributed by atoms with Crippen molar-refractivity contribution in [1.82, 2.24) is 0 Å². The third kappa shape index (κ3) is 4.96. The Morgan fingerprint density at radius 3 is 1.93 bits per heavy atom. The Kier molecular flexibility index (Phi) is 6.23. The third-order valence-electron chi connectivity index (χ3n) is 4.42. The molecule has 3 rings (SSSR count). The van der Waals surface area contributed by atoms with E-state index < -0.39 is 0 Å². The highest BCUT2D eigenvalue weighted by atomic mass is 16.6. The molecule has 0 spiro atoms. The average molecular weight is 360 g/mol. The molecule has 2 N–H and O–H groups in total. The van der Waals surface area contributed by atoms with Crippen molar-refractivity contribution in [1.29, 1.82) is 0 Å². The number of hydrogen-bond donors (Lipinski definition) is 1. The largest absolute Gasteiger partial charge is 0.497 e. The zero-order valence-electron chi connectivity index (χ0n) is 15.7. The molecule has 0 aromatic heterocycles. The fourth-order valence-corrected chi connectivity index (χ4v) is 2.72. The summed E-state index contributed by atoms with van der Waals surface area (Å²) >= 11 is 0. The van der Waals surface area contributed by atoms with Crippen LogP contribution in [0.2, 0.25) is 0 Å². The minimum atomic E-state index is 0.432. The maximum atomic E-state index is 5.62. The highest BCUT2D eigenvalue weighted by Gasteiger charge is 2.01. The van der Waals surface area contributed by atoms with Gasteiger partial charge in [-0.2, -0.15) is 0 Å². The lowest BCUT2D eigenvalue weighted by Crippen LogP contribution is -1.99. The van der Waals surface area contributed by atoms with Crippen LogP contribution in [0.1, 0.15) is 23.6 Å². The molecule has 4 heteroatoms. The van der Waals surface area contributed by atoms with Crippen LogP contribution in [0.4, 0.5) is 0 Å². The van der Waals surface area contributed by atoms with E-state index in [0.717, 1.165) is 39.3 Å². The number of benzene rings is 3. The molecule has 3 aromatic carbocycles. The summed E-state index contributed by atoms with van der Waals surface area (Å²) in [4.78, 5) is 5.52. The van der Waals surface area contributed by atoms with Gasteiger partial charge in [-0.15, -0.1) is 0 Å². The molecule has 0 saturated carbocycles. The molecule has 0 fully saturated rings. The average Bonchev–Trinajstić information content (AvgIpc) is 2.74. The van der Waals surface area contributed by atoms with Crippen molar-refractivity contribution >= 4 is 5.71 Å². The predicted octanol–water partition coefficient (Wildman–Crippen LogP) is 4.76. The number of nitrogens with zero attached hydrogens (tertiary/aromatic N) is 1. The number of nitrogens with two attached hydrogens (primary N) is 1. The van der Waals surface area contributed by atoms with E-state index in [0.29, 0.717) is 13.2 Å². The van der Waals surface area contributed by atoms with E-state index >= 15 is 0 Å². The fourth-order valence-electron chi connectivity index (χ4n) is 2.72. The van der Waals surface area contributed by atoms with Crippen LogP contribution in [0.5, 0.6) is 5.75 Å². The molecule has 0 amide bonds. The minimum absolute atomic E-state index is 0.432. The molecule has 0 aliphatic rings. The minimum Gasteiger partial charge on any atom is -0.497 e. The van der Waals surface area contributed by atoms with Crippen molar-refractivity contribution in [2.24, 2.45) is 10.9 Å². The van der Waals surface area contributed by atoms with Crippen LogP contribution in [-0.4, -0.2) is 12.8 Å². The van der Waals surface area contributed by atoms with Crippen molar-refractivity contribution < 1.29 is 9.57 Å². The van der Waals surface area contributed by atoms with Crippen LogP contribution >= 0.6 is 0 Å². The standard InChI is InChI=1S/C23H24N2O2/c1-17(20-7-3-18(15-24)4-8-20)25-27-16-19-5-9-21(10-6-19)22-11-13-23(26-2)14-12-22/h3-14H,15-16,24H2,1-2H3. The van der Waals surface area contributed by atoms with E-state index in [4.69, 9.17) is 15.3 Å². The fraction of sp³-hybridized carbons (Fsp3) is 0.174. The number of ether oxygens (including phenoxy) is 1. The van der Waals surface area contributed by atoms with Crippen LogP contribution in [0, 0.1) is 0 Å². The molecule has 0 unspecified atom stereocenters. The van der Waals surface area contributed by atoms with Gasteiger partial charge < -0.3 is 15.3 Å². The number of methoxy groups -OCH3 is 1. The Bertz CT molecular complexity index is 883. The smallest absolute Gasteiger partial charge is 0.142 e. The summed E-state index contributed by atoms with van der Waals surface area (Å²) in [5, 5.41) is 4.22. The summed E-state index contributed by atoms with van der Waals surface area (Å²) in [5.74, 6) is 0.856. The van der Waals surface area contributed by atoms with Crippen molar-refractivity contribution in [3.63, 3.8) is 0 Å². The lowest BCUT2D eigenvalue weighted by atomic mass is 10.0. The molecule has 0 saturated heterocycles. The molecule has 0 bridgehead atoms. The topological polar surface area (TPSA) is 56.8 Å². The Morgan fingerprint density at radius 2 is 1.37 bits per heavy atom. The van der Waals surface area contributed by atoms with Gasteiger partial charge in [0.2, 0.25) is 0 Å². The normalized spacial score (nSPS) is 11.3. The van der Waals surface area contributed by atoms with Gasteiger partial charge in [0, 0.05) is 6.54 Å². The predicted molar refractivity (Wildman–Crippen MR) is 110 cm³/mol. The van der Waals surface area contributed by atoms with Gasteiger partial charge in [-0.25, -0.2) is 0 Å². The molecule has 0 radical (unpaired) electrons. The molecule has 0 aliphatic carbocycles. The lowest BCUT2D eigenvalue weighted by molar-refractivity contribution is 0.130. The first-order valence-corrected chi connectivity index (χ1v) is 8.89. The second-order valence-electron chi connectivity index (χ2n) is 6.28. The molecular weight excluding hydrogens is 336 g/mol. The van der Waals surface area contributed by atoms with Gasteiger partial charge in [-0.1, -0.05) is 65.8 Å². The summed E-state index contributed by atoms with van der Waals surface area (Å²) in [7, 11) is 1.67. The summed E-state index contributed by atoms with van der Waals surface area (Å²) in [5.41, 5.74) is 12.0. The monoisotopic (exact) mass is 360 g/mol. The first kappa shape index (κ1) is 18.7. The molecule has 3 aromatic rings. The second kappa shape index (κ2) is 9.01. The SMILES string of the molecule is COc1ccc(-c2ccc(CON=C(C)c3ccc(CN)cc3)cc2)cc1. The van der Waals surface area contributed by atoms with Gasteiger partial charge in [-0.3, -0.25) is 0 Å². The Labute approximate surface area is 160 Å². The summed E-state index contributed by atoms with van der Waals surface area (Å²) in [6.45, 7) is 2.91. The van der Waals surface area contributed by atoms with Gasteiger partial charge in [-0.05, 0) is 46.9 Å². The van der Waals surface area contributed by atoms with Crippen molar-refractivity contribution in [2.45, 2.75) is 20.1 Å². The Hall–Kier alpha value is -3.11. The van der Waals surface area contributed by atoms with E-state index in [1.807, 2.05) is 55.5 Å². The highest BCUT2D eigenvalue weighted by Crippen LogP contribution is 2.22. The van der Waals surface area contributed by atoms with Crippen LogP contribution in [0.25, 0.3) is 11.1 Å². The van der Waals surface area contributed by atoms with Crippen LogP contribution in [0.3, 0.4) is 0 Å².